The Labute approximate surface area is 201 Å². The number of ether oxygens (including phenoxy) is 4. The van der Waals surface area contributed by atoms with Gasteiger partial charge in [-0.15, -0.1) is 0 Å². The molecule has 2 fully saturated rings. The zero-order valence-corrected chi connectivity index (χ0v) is 19.0. The van der Waals surface area contributed by atoms with E-state index in [1.54, 1.807) is 18.2 Å². The molecule has 1 saturated heterocycles. The summed E-state index contributed by atoms with van der Waals surface area (Å²) in [5.41, 5.74) is -2.62. The van der Waals surface area contributed by atoms with Gasteiger partial charge in [0.05, 0.1) is 24.9 Å². The minimum atomic E-state index is -1.91. The Morgan fingerprint density at radius 1 is 1.11 bits per heavy atom. The third-order valence-corrected chi connectivity index (χ3v) is 6.77. The van der Waals surface area contributed by atoms with Crippen LogP contribution in [0.2, 0.25) is 0 Å². The van der Waals surface area contributed by atoms with E-state index in [0.717, 1.165) is 11.8 Å². The summed E-state index contributed by atoms with van der Waals surface area (Å²) >= 11 is 0. The van der Waals surface area contributed by atoms with Gasteiger partial charge < -0.3 is 49.6 Å². The van der Waals surface area contributed by atoms with Gasteiger partial charge in [-0.1, -0.05) is 30.3 Å². The Morgan fingerprint density at radius 3 is 2.51 bits per heavy atom. The lowest BCUT2D eigenvalue weighted by atomic mass is 9.81. The summed E-state index contributed by atoms with van der Waals surface area (Å²) in [6.07, 6.45) is -5.57. The van der Waals surface area contributed by atoms with Crippen molar-refractivity contribution in [2.45, 2.75) is 67.6 Å². The molecule has 11 heteroatoms. The maximum absolute atomic E-state index is 12.6. The summed E-state index contributed by atoms with van der Waals surface area (Å²) in [7, 11) is 0. The molecule has 2 aliphatic heterocycles. The number of hydrogen-bond donors (Lipinski definition) is 6. The molecule has 0 aromatic heterocycles. The highest BCUT2D eigenvalue weighted by atomic mass is 16.8. The van der Waals surface area contributed by atoms with Gasteiger partial charge in [0.2, 0.25) is 6.29 Å². The van der Waals surface area contributed by atoms with Crippen molar-refractivity contribution in [2.75, 3.05) is 6.61 Å². The smallest absolute Gasteiger partial charge is 0.331 e. The number of carbonyl (C=O) groups is 1. The summed E-state index contributed by atoms with van der Waals surface area (Å²) in [5.74, 6) is -1.90. The predicted molar refractivity (Wildman–Crippen MR) is 118 cm³/mol. The van der Waals surface area contributed by atoms with Crippen molar-refractivity contribution in [3.63, 3.8) is 0 Å². The van der Waals surface area contributed by atoms with Crippen molar-refractivity contribution < 1.29 is 54.4 Å². The van der Waals surface area contributed by atoms with Crippen LogP contribution in [-0.4, -0.2) is 97.5 Å². The SMILES string of the molecule is C[C@]1(OC(=O)/C=C\c2ccccc2)C[C@@H](O)[C@]2(O)C=CO[C@@H](O[C@@H]3O[C@H](CO)[C@@H](O)[C@H](O)[C@H]3O)[C@@H]21. The van der Waals surface area contributed by atoms with Crippen LogP contribution in [0.3, 0.4) is 0 Å². The molecule has 1 aromatic rings. The van der Waals surface area contributed by atoms with Crippen LogP contribution in [-0.2, 0) is 23.7 Å². The van der Waals surface area contributed by atoms with Crippen molar-refractivity contribution in [3.8, 4) is 0 Å². The van der Waals surface area contributed by atoms with E-state index in [0.29, 0.717) is 0 Å². The molecule has 0 amide bonds. The summed E-state index contributed by atoms with van der Waals surface area (Å²) < 4.78 is 22.3. The number of rotatable bonds is 6. The monoisotopic (exact) mass is 494 g/mol. The number of hydrogen-bond acceptors (Lipinski definition) is 11. The molecule has 1 aliphatic carbocycles. The maximum Gasteiger partial charge on any atom is 0.331 e. The Hall–Kier alpha value is -2.35. The second-order valence-electron chi connectivity index (χ2n) is 9.20. The van der Waals surface area contributed by atoms with Crippen LogP contribution in [0.5, 0.6) is 0 Å². The zero-order chi connectivity index (χ0) is 25.4. The molecule has 0 spiro atoms. The zero-order valence-electron chi connectivity index (χ0n) is 19.0. The van der Waals surface area contributed by atoms with Crippen LogP contribution in [0.1, 0.15) is 18.9 Å². The number of benzene rings is 1. The van der Waals surface area contributed by atoms with E-state index >= 15 is 0 Å². The van der Waals surface area contributed by atoms with Gasteiger partial charge in [0.15, 0.2) is 6.29 Å². The van der Waals surface area contributed by atoms with E-state index in [2.05, 4.69) is 0 Å². The van der Waals surface area contributed by atoms with E-state index in [-0.39, 0.29) is 6.42 Å². The van der Waals surface area contributed by atoms with E-state index in [1.165, 1.54) is 19.1 Å². The van der Waals surface area contributed by atoms with Crippen LogP contribution >= 0.6 is 0 Å². The van der Waals surface area contributed by atoms with E-state index in [1.807, 2.05) is 18.2 Å². The van der Waals surface area contributed by atoms with E-state index < -0.39 is 72.8 Å². The summed E-state index contributed by atoms with van der Waals surface area (Å²) in [6.45, 7) is 0.852. The second-order valence-corrected chi connectivity index (χ2v) is 9.20. The molecule has 3 aliphatic rings. The molecule has 2 heterocycles. The fraction of sp³-hybridized carbons (Fsp3) is 0.542. The Kier molecular flexibility index (Phi) is 7.32. The Balaban J connectivity index is 1.55. The average molecular weight is 494 g/mol. The van der Waals surface area contributed by atoms with Crippen molar-refractivity contribution >= 4 is 12.0 Å². The van der Waals surface area contributed by atoms with Crippen LogP contribution in [0, 0.1) is 5.92 Å². The number of fused-ring (bicyclic) bond motifs is 1. The van der Waals surface area contributed by atoms with Crippen LogP contribution in [0.4, 0.5) is 0 Å². The first kappa shape index (κ1) is 25.7. The molecule has 1 aromatic carbocycles. The Morgan fingerprint density at radius 2 is 1.83 bits per heavy atom. The third kappa shape index (κ3) is 4.86. The lowest BCUT2D eigenvalue weighted by Gasteiger charge is -2.45. The van der Waals surface area contributed by atoms with Crippen molar-refractivity contribution in [1.29, 1.82) is 0 Å². The van der Waals surface area contributed by atoms with Gasteiger partial charge >= 0.3 is 5.97 Å². The van der Waals surface area contributed by atoms with Crippen LogP contribution in [0.25, 0.3) is 6.08 Å². The number of aliphatic hydroxyl groups excluding tert-OH is 5. The second kappa shape index (κ2) is 9.96. The van der Waals surface area contributed by atoms with Crippen LogP contribution < -0.4 is 0 Å². The first-order chi connectivity index (χ1) is 16.6. The molecule has 6 N–H and O–H groups in total. The van der Waals surface area contributed by atoms with Crippen molar-refractivity contribution in [1.82, 2.24) is 0 Å². The number of carbonyl (C=O) groups excluding carboxylic acids is 1. The molecule has 4 rings (SSSR count). The predicted octanol–water partition coefficient (Wildman–Crippen LogP) is -1.20. The highest BCUT2D eigenvalue weighted by molar-refractivity contribution is 5.87. The summed E-state index contributed by atoms with van der Waals surface area (Å²) in [5, 5.41) is 61.7. The van der Waals surface area contributed by atoms with Crippen LogP contribution in [0.15, 0.2) is 48.7 Å². The van der Waals surface area contributed by atoms with E-state index in [4.69, 9.17) is 18.9 Å². The van der Waals surface area contributed by atoms with Crippen molar-refractivity contribution in [3.05, 3.63) is 54.3 Å². The first-order valence-electron chi connectivity index (χ1n) is 11.2. The quantitative estimate of drug-likeness (QED) is 0.207. The highest BCUT2D eigenvalue weighted by Gasteiger charge is 2.66. The molecular formula is C24H30O11. The third-order valence-electron chi connectivity index (χ3n) is 6.77. The molecule has 0 bridgehead atoms. The standard InChI is InChI=1S/C24H30O11/c1-23(35-16(27)8-7-13-5-3-2-4-6-13)11-15(26)24(31)9-10-32-22(20(23)24)34-21-19(30)18(29)17(28)14(12-25)33-21/h2-10,14-15,17-22,25-26,28-31H,11-12H2,1H3/b8-7-/t14-,15-,17-,18+,19-,20-,21+,22+,23+,24-/m1/s1. The number of esters is 1. The topological polar surface area (TPSA) is 175 Å². The number of aliphatic hydroxyl groups is 6. The van der Waals surface area contributed by atoms with Gasteiger partial charge in [0.1, 0.15) is 35.6 Å². The van der Waals surface area contributed by atoms with Gasteiger partial charge in [-0.25, -0.2) is 4.79 Å². The maximum atomic E-state index is 12.6. The molecule has 35 heavy (non-hydrogen) atoms. The molecular weight excluding hydrogens is 464 g/mol. The fourth-order valence-electron chi connectivity index (χ4n) is 4.92. The normalized spacial score (nSPS) is 43.1. The largest absolute Gasteiger partial charge is 0.472 e. The van der Waals surface area contributed by atoms with Crippen molar-refractivity contribution in [2.24, 2.45) is 5.92 Å². The first-order valence-corrected chi connectivity index (χ1v) is 11.2. The molecule has 192 valence electrons. The molecule has 0 unspecified atom stereocenters. The molecule has 1 saturated carbocycles. The van der Waals surface area contributed by atoms with Gasteiger partial charge in [0.25, 0.3) is 0 Å². The molecule has 0 radical (unpaired) electrons. The average Bonchev–Trinajstić information content (AvgIpc) is 3.03. The summed E-state index contributed by atoms with van der Waals surface area (Å²) in [6, 6.07) is 9.06. The molecule has 10 atom stereocenters. The highest BCUT2D eigenvalue weighted by Crippen LogP contribution is 2.51. The van der Waals surface area contributed by atoms with Gasteiger partial charge in [-0.2, -0.15) is 0 Å². The minimum Gasteiger partial charge on any atom is -0.472 e. The summed E-state index contributed by atoms with van der Waals surface area (Å²) in [4.78, 5) is 12.6. The van der Waals surface area contributed by atoms with Gasteiger partial charge in [0, 0.05) is 12.5 Å². The van der Waals surface area contributed by atoms with Gasteiger partial charge in [-0.3, -0.25) is 0 Å². The lowest BCUT2D eigenvalue weighted by Crippen LogP contribution is -2.62. The Bertz CT molecular complexity index is 950. The van der Waals surface area contributed by atoms with Gasteiger partial charge in [-0.05, 0) is 24.6 Å². The molecule has 11 nitrogen and oxygen atoms in total. The minimum absolute atomic E-state index is 0.151. The fourth-order valence-corrected chi connectivity index (χ4v) is 4.92. The lowest BCUT2D eigenvalue weighted by molar-refractivity contribution is -0.351. The van der Waals surface area contributed by atoms with E-state index in [9.17, 15) is 35.4 Å².